The van der Waals surface area contributed by atoms with Gasteiger partial charge in [-0.15, -0.1) is 11.6 Å². The van der Waals surface area contributed by atoms with Gasteiger partial charge in [-0.05, 0) is 6.42 Å². The molecule has 7 heteroatoms. The molecule has 0 saturated carbocycles. The zero-order valence-electron chi connectivity index (χ0n) is 12.5. The first-order valence-corrected chi connectivity index (χ1v) is 7.76. The van der Waals surface area contributed by atoms with E-state index in [9.17, 15) is 0 Å². The number of oxazole rings is 1. The van der Waals surface area contributed by atoms with Gasteiger partial charge in [-0.1, -0.05) is 13.3 Å². The number of hydrogen-bond donors (Lipinski definition) is 0. The number of nitrogens with zero attached hydrogens (tertiary/aromatic N) is 1. The molecule has 0 spiro atoms. The second kappa shape index (κ2) is 12.9. The van der Waals surface area contributed by atoms with Gasteiger partial charge in [0.15, 0.2) is 0 Å². The normalized spacial score (nSPS) is 11.0. The summed E-state index contributed by atoms with van der Waals surface area (Å²) in [4.78, 5) is 4.00. The molecule has 0 amide bonds. The highest BCUT2D eigenvalue weighted by Crippen LogP contribution is 2.11. The van der Waals surface area contributed by atoms with Gasteiger partial charge < -0.3 is 23.4 Å². The summed E-state index contributed by atoms with van der Waals surface area (Å²) in [6, 6.07) is 0. The summed E-state index contributed by atoms with van der Waals surface area (Å²) in [6.07, 6.45) is 3.94. The molecule has 1 rings (SSSR count). The van der Waals surface area contributed by atoms with Crippen LogP contribution in [0.25, 0.3) is 0 Å². The first kappa shape index (κ1) is 18.2. The molecule has 0 atom stereocenters. The fourth-order valence-corrected chi connectivity index (χ4v) is 1.52. The summed E-state index contributed by atoms with van der Waals surface area (Å²) in [5.41, 5.74) is 0.655. The third-order valence-electron chi connectivity index (χ3n) is 2.51. The summed E-state index contributed by atoms with van der Waals surface area (Å²) in [7, 11) is 0. The van der Waals surface area contributed by atoms with E-state index < -0.39 is 0 Å². The van der Waals surface area contributed by atoms with Gasteiger partial charge in [0.2, 0.25) is 0 Å². The average molecular weight is 322 g/mol. The van der Waals surface area contributed by atoms with E-state index in [2.05, 4.69) is 11.9 Å². The molecule has 0 unspecified atom stereocenters. The number of ether oxygens (including phenoxy) is 4. The molecule has 0 aliphatic heterocycles. The van der Waals surface area contributed by atoms with E-state index in [1.54, 1.807) is 0 Å². The van der Waals surface area contributed by atoms with Gasteiger partial charge in [-0.3, -0.25) is 0 Å². The van der Waals surface area contributed by atoms with Gasteiger partial charge in [0.1, 0.15) is 12.9 Å². The maximum Gasteiger partial charge on any atom is 0.393 e. The minimum atomic E-state index is 0.217. The van der Waals surface area contributed by atoms with Crippen LogP contribution in [0.3, 0.4) is 0 Å². The Kier molecular flexibility index (Phi) is 11.2. The van der Waals surface area contributed by atoms with Gasteiger partial charge in [-0.2, -0.15) is 4.98 Å². The molecule has 122 valence electrons. The Morgan fingerprint density at radius 2 is 1.62 bits per heavy atom. The third-order valence-corrected chi connectivity index (χ3v) is 2.78. The predicted octanol–water partition coefficient (Wildman–Crippen LogP) is 2.64. The van der Waals surface area contributed by atoms with Crippen molar-refractivity contribution in [1.82, 2.24) is 4.98 Å². The monoisotopic (exact) mass is 321 g/mol. The van der Waals surface area contributed by atoms with E-state index in [4.69, 9.17) is 35.0 Å². The third kappa shape index (κ3) is 9.68. The Morgan fingerprint density at radius 3 is 2.19 bits per heavy atom. The second-order valence-electron chi connectivity index (χ2n) is 4.28. The van der Waals surface area contributed by atoms with Gasteiger partial charge in [0, 0.05) is 6.61 Å². The van der Waals surface area contributed by atoms with Crippen LogP contribution in [0.5, 0.6) is 6.08 Å². The molecule has 0 aromatic carbocycles. The fraction of sp³-hybridized carbons (Fsp3) is 0.786. The van der Waals surface area contributed by atoms with E-state index in [1.807, 2.05) is 0 Å². The quantitative estimate of drug-likeness (QED) is 0.388. The molecule has 0 aliphatic carbocycles. The Morgan fingerprint density at radius 1 is 1.00 bits per heavy atom. The van der Waals surface area contributed by atoms with Crippen molar-refractivity contribution < 1.29 is 23.4 Å². The average Bonchev–Trinajstić information content (AvgIpc) is 2.96. The highest BCUT2D eigenvalue weighted by molar-refractivity contribution is 6.16. The number of alkyl halides is 1. The summed E-state index contributed by atoms with van der Waals surface area (Å²) >= 11 is 5.59. The van der Waals surface area contributed by atoms with Crippen molar-refractivity contribution in [1.29, 1.82) is 0 Å². The van der Waals surface area contributed by atoms with Crippen molar-refractivity contribution in [3.8, 4) is 6.08 Å². The number of unbranched alkanes of at least 4 members (excludes halogenated alkanes) is 1. The van der Waals surface area contributed by atoms with Gasteiger partial charge in [0.25, 0.3) is 0 Å². The van der Waals surface area contributed by atoms with Gasteiger partial charge >= 0.3 is 6.08 Å². The van der Waals surface area contributed by atoms with Crippen molar-refractivity contribution in [2.75, 3.05) is 46.2 Å². The standard InChI is InChI=1S/C14H24ClNO5/c1-2-3-4-17-5-6-18-7-8-19-9-10-20-14-16-13(11-15)12-21-14/h12H,2-11H2,1H3. The van der Waals surface area contributed by atoms with Crippen molar-refractivity contribution in [2.45, 2.75) is 25.6 Å². The molecule has 0 aliphatic rings. The van der Waals surface area contributed by atoms with Gasteiger partial charge in [-0.25, -0.2) is 0 Å². The zero-order chi connectivity index (χ0) is 15.2. The van der Waals surface area contributed by atoms with E-state index >= 15 is 0 Å². The van der Waals surface area contributed by atoms with Crippen LogP contribution in [0, 0.1) is 0 Å². The van der Waals surface area contributed by atoms with Gasteiger partial charge in [0.05, 0.1) is 44.6 Å². The second-order valence-corrected chi connectivity index (χ2v) is 4.54. The molecule has 6 nitrogen and oxygen atoms in total. The molecular formula is C14H24ClNO5. The Balaban J connectivity index is 1.80. The minimum Gasteiger partial charge on any atom is -0.448 e. The van der Waals surface area contributed by atoms with Crippen LogP contribution in [0.1, 0.15) is 25.5 Å². The van der Waals surface area contributed by atoms with E-state index in [-0.39, 0.29) is 6.08 Å². The highest BCUT2D eigenvalue weighted by atomic mass is 35.5. The minimum absolute atomic E-state index is 0.217. The first-order valence-electron chi connectivity index (χ1n) is 7.23. The molecule has 1 aromatic heterocycles. The lowest BCUT2D eigenvalue weighted by Gasteiger charge is -2.06. The lowest BCUT2D eigenvalue weighted by atomic mass is 10.4. The summed E-state index contributed by atoms with van der Waals surface area (Å²) in [6.45, 7) is 6.08. The Hall–Kier alpha value is -0.820. The van der Waals surface area contributed by atoms with Crippen molar-refractivity contribution in [3.05, 3.63) is 12.0 Å². The molecule has 0 N–H and O–H groups in total. The maximum absolute atomic E-state index is 5.59. The molecule has 0 bridgehead atoms. The lowest BCUT2D eigenvalue weighted by Crippen LogP contribution is -2.13. The van der Waals surface area contributed by atoms with Crippen LogP contribution >= 0.6 is 11.6 Å². The maximum atomic E-state index is 5.59. The number of halogens is 1. The molecule has 1 aromatic rings. The van der Waals surface area contributed by atoms with Crippen LogP contribution in [0.2, 0.25) is 0 Å². The number of rotatable bonds is 14. The molecular weight excluding hydrogens is 298 g/mol. The molecule has 0 radical (unpaired) electrons. The Bertz CT molecular complexity index is 348. The SMILES string of the molecule is CCCCOCCOCCOCCOc1nc(CCl)co1. The first-order chi connectivity index (χ1) is 10.4. The fourth-order valence-electron chi connectivity index (χ4n) is 1.39. The largest absolute Gasteiger partial charge is 0.448 e. The van der Waals surface area contributed by atoms with E-state index in [0.717, 1.165) is 19.4 Å². The summed E-state index contributed by atoms with van der Waals surface area (Å²) < 4.78 is 26.4. The lowest BCUT2D eigenvalue weighted by molar-refractivity contribution is 0.00731. The van der Waals surface area contributed by atoms with Crippen molar-refractivity contribution >= 4 is 11.6 Å². The summed E-state index contributed by atoms with van der Waals surface area (Å²) in [5, 5.41) is 0. The molecule has 1 heterocycles. The van der Waals surface area contributed by atoms with Crippen LogP contribution in [-0.2, 0) is 20.1 Å². The van der Waals surface area contributed by atoms with Crippen LogP contribution in [0.4, 0.5) is 0 Å². The van der Waals surface area contributed by atoms with Crippen LogP contribution in [-0.4, -0.2) is 51.2 Å². The summed E-state index contributed by atoms with van der Waals surface area (Å²) in [5.74, 6) is 0.308. The predicted molar refractivity (Wildman–Crippen MR) is 78.9 cm³/mol. The molecule has 21 heavy (non-hydrogen) atoms. The molecule has 0 fully saturated rings. The highest BCUT2D eigenvalue weighted by Gasteiger charge is 2.03. The molecule has 0 saturated heterocycles. The number of aromatic nitrogens is 1. The Labute approximate surface area is 130 Å². The topological polar surface area (TPSA) is 63.0 Å². The van der Waals surface area contributed by atoms with Crippen LogP contribution in [0.15, 0.2) is 10.7 Å². The van der Waals surface area contributed by atoms with Crippen molar-refractivity contribution in [3.63, 3.8) is 0 Å². The smallest absolute Gasteiger partial charge is 0.393 e. The van der Waals surface area contributed by atoms with E-state index in [0.29, 0.717) is 51.2 Å². The zero-order valence-corrected chi connectivity index (χ0v) is 13.3. The van der Waals surface area contributed by atoms with Crippen molar-refractivity contribution in [2.24, 2.45) is 0 Å². The van der Waals surface area contributed by atoms with Crippen LogP contribution < -0.4 is 4.74 Å². The van der Waals surface area contributed by atoms with E-state index in [1.165, 1.54) is 6.26 Å². The number of hydrogen-bond acceptors (Lipinski definition) is 6.